The molecule has 2 rings (SSSR count). The van der Waals surface area contributed by atoms with Crippen molar-refractivity contribution in [2.45, 2.75) is 70.9 Å². The predicted octanol–water partition coefficient (Wildman–Crippen LogP) is 4.46. The first-order chi connectivity index (χ1) is 13.8. The molecule has 0 fully saturated rings. The van der Waals surface area contributed by atoms with Gasteiger partial charge in [-0.1, -0.05) is 108 Å². The van der Waals surface area contributed by atoms with E-state index in [4.69, 9.17) is 4.43 Å². The van der Waals surface area contributed by atoms with Crippen molar-refractivity contribution >= 4 is 24.5 Å². The zero-order chi connectivity index (χ0) is 21.3. The van der Waals surface area contributed by atoms with E-state index in [0.717, 1.165) is 29.6 Å². The van der Waals surface area contributed by atoms with Crippen LogP contribution in [0.2, 0.25) is 5.04 Å². The lowest BCUT2D eigenvalue weighted by Gasteiger charge is -2.42. The molecule has 0 unspecified atom stereocenters. The molecule has 0 amide bonds. The Balaban J connectivity index is 2.26. The summed E-state index contributed by atoms with van der Waals surface area (Å²) in [4.78, 5) is 12.7. The Hall–Kier alpha value is -1.75. The molecule has 0 heterocycles. The summed E-state index contributed by atoms with van der Waals surface area (Å²) in [6.45, 7) is 8.77. The van der Waals surface area contributed by atoms with E-state index in [1.54, 1.807) is 0 Å². The van der Waals surface area contributed by atoms with Crippen molar-refractivity contribution in [1.29, 1.82) is 0 Å². The molecule has 1 atom stereocenters. The highest BCUT2D eigenvalue weighted by molar-refractivity contribution is 6.99. The lowest BCUT2D eigenvalue weighted by molar-refractivity contribution is -0.123. The summed E-state index contributed by atoms with van der Waals surface area (Å²) in [5.41, 5.74) is 0. The van der Waals surface area contributed by atoms with E-state index < -0.39 is 14.4 Å². The Kier molecular flexibility index (Phi) is 8.81. The van der Waals surface area contributed by atoms with Crippen LogP contribution in [0, 0.1) is 0 Å². The molecule has 2 aromatic rings. The lowest BCUT2D eigenvalue weighted by Crippen LogP contribution is -2.67. The highest BCUT2D eigenvalue weighted by Crippen LogP contribution is 2.36. The third-order valence-corrected chi connectivity index (χ3v) is 10.5. The maximum atomic E-state index is 12.7. The second-order valence-electron chi connectivity index (χ2n) is 8.84. The highest BCUT2D eigenvalue weighted by Gasteiger charge is 2.50. The van der Waals surface area contributed by atoms with Crippen molar-refractivity contribution in [1.82, 2.24) is 0 Å². The zero-order valence-corrected chi connectivity index (χ0v) is 19.4. The summed E-state index contributed by atoms with van der Waals surface area (Å²) in [6.07, 6.45) is 3.43. The normalized spacial score (nSPS) is 13.3. The van der Waals surface area contributed by atoms with E-state index in [0.29, 0.717) is 6.42 Å². The number of hydrogen-bond acceptors (Lipinski definition) is 3. The average Bonchev–Trinajstić information content (AvgIpc) is 2.69. The summed E-state index contributed by atoms with van der Waals surface area (Å²) in [6, 6.07) is 20.6. The number of aliphatic hydroxyl groups is 1. The maximum Gasteiger partial charge on any atom is 0.261 e. The van der Waals surface area contributed by atoms with Gasteiger partial charge in [-0.15, -0.1) is 0 Å². The van der Waals surface area contributed by atoms with E-state index in [1.165, 1.54) is 0 Å². The third-order valence-electron chi connectivity index (χ3n) is 5.47. The largest absolute Gasteiger partial charge is 0.400 e. The summed E-state index contributed by atoms with van der Waals surface area (Å²) in [5, 5.41) is 12.4. The Morgan fingerprint density at radius 3 is 1.93 bits per heavy atom. The lowest BCUT2D eigenvalue weighted by atomic mass is 10.1. The fraction of sp³-hybridized carbons (Fsp3) is 0.480. The second-order valence-corrected chi connectivity index (χ2v) is 13.2. The zero-order valence-electron chi connectivity index (χ0n) is 18.4. The fourth-order valence-electron chi connectivity index (χ4n) is 4.00. The van der Waals surface area contributed by atoms with Gasteiger partial charge < -0.3 is 9.53 Å². The number of aliphatic hydroxyl groups excluding tert-OH is 1. The SMILES string of the molecule is CCCCC[C@@H](O)CC(=O)CO[Si](c1ccccc1)(c1ccccc1)C(C)(C)C. The summed E-state index contributed by atoms with van der Waals surface area (Å²) in [7, 11) is -2.70. The van der Waals surface area contributed by atoms with Gasteiger partial charge in [-0.2, -0.15) is 0 Å². The molecular weight excluding hydrogens is 376 g/mol. The predicted molar refractivity (Wildman–Crippen MR) is 123 cm³/mol. The number of Topliss-reactive ketones (excluding diaryl/α,β-unsaturated/α-hetero) is 1. The van der Waals surface area contributed by atoms with Crippen LogP contribution in [0.5, 0.6) is 0 Å². The molecule has 0 aliphatic rings. The number of rotatable bonds is 11. The monoisotopic (exact) mass is 412 g/mol. The van der Waals surface area contributed by atoms with Gasteiger partial charge in [0.05, 0.1) is 12.7 Å². The van der Waals surface area contributed by atoms with Gasteiger partial charge in [-0.25, -0.2) is 0 Å². The molecule has 29 heavy (non-hydrogen) atoms. The first-order valence-corrected chi connectivity index (χ1v) is 12.7. The van der Waals surface area contributed by atoms with Crippen LogP contribution in [0.25, 0.3) is 0 Å². The fourth-order valence-corrected chi connectivity index (χ4v) is 8.54. The van der Waals surface area contributed by atoms with Gasteiger partial charge in [-0.3, -0.25) is 4.79 Å². The standard InChI is InChI=1S/C25H36O3Si/c1-5-6-9-14-21(26)19-22(27)20-28-29(25(2,3)4,23-15-10-7-11-16-23)24-17-12-8-13-18-24/h7-8,10-13,15-18,21,26H,5-6,9,14,19-20H2,1-4H3/t21-/m1/s1. The van der Waals surface area contributed by atoms with E-state index in [2.05, 4.69) is 52.0 Å². The number of benzene rings is 2. The van der Waals surface area contributed by atoms with Crippen LogP contribution in [-0.4, -0.2) is 31.9 Å². The van der Waals surface area contributed by atoms with E-state index in [9.17, 15) is 9.90 Å². The number of carbonyl (C=O) groups is 1. The van der Waals surface area contributed by atoms with Crippen molar-refractivity contribution in [2.24, 2.45) is 0 Å². The third kappa shape index (κ3) is 6.11. The van der Waals surface area contributed by atoms with Crippen molar-refractivity contribution in [3.8, 4) is 0 Å². The van der Waals surface area contributed by atoms with E-state index in [-0.39, 0.29) is 23.8 Å². The Labute approximate surface area is 177 Å². The first kappa shape index (κ1) is 23.5. The minimum atomic E-state index is -2.70. The molecule has 3 nitrogen and oxygen atoms in total. The minimum Gasteiger partial charge on any atom is -0.400 e. The van der Waals surface area contributed by atoms with Gasteiger partial charge in [0.2, 0.25) is 0 Å². The van der Waals surface area contributed by atoms with Crippen LogP contribution in [0.4, 0.5) is 0 Å². The van der Waals surface area contributed by atoms with Crippen LogP contribution in [0.15, 0.2) is 60.7 Å². The summed E-state index contributed by atoms with van der Waals surface area (Å²) >= 11 is 0. The molecule has 0 aliphatic heterocycles. The quantitative estimate of drug-likeness (QED) is 0.438. The van der Waals surface area contributed by atoms with Crippen LogP contribution < -0.4 is 10.4 Å². The Morgan fingerprint density at radius 1 is 0.966 bits per heavy atom. The molecule has 0 radical (unpaired) electrons. The van der Waals surface area contributed by atoms with Crippen LogP contribution in [0.1, 0.15) is 59.8 Å². The molecule has 4 heteroatoms. The second kappa shape index (κ2) is 10.9. The van der Waals surface area contributed by atoms with Crippen LogP contribution >= 0.6 is 0 Å². The van der Waals surface area contributed by atoms with Crippen molar-refractivity contribution in [3.05, 3.63) is 60.7 Å². The number of hydrogen-bond donors (Lipinski definition) is 1. The van der Waals surface area contributed by atoms with Gasteiger partial charge in [-0.05, 0) is 21.8 Å². The van der Waals surface area contributed by atoms with Crippen molar-refractivity contribution < 1.29 is 14.3 Å². The van der Waals surface area contributed by atoms with E-state index >= 15 is 0 Å². The van der Waals surface area contributed by atoms with Gasteiger partial charge in [0.25, 0.3) is 8.32 Å². The molecule has 2 aromatic carbocycles. The average molecular weight is 413 g/mol. The summed E-state index contributed by atoms with van der Waals surface area (Å²) < 4.78 is 6.63. The molecule has 0 saturated carbocycles. The molecule has 0 aromatic heterocycles. The minimum absolute atomic E-state index is 0.0259. The topological polar surface area (TPSA) is 46.5 Å². The molecule has 0 saturated heterocycles. The van der Waals surface area contributed by atoms with Gasteiger partial charge in [0.15, 0.2) is 5.78 Å². The Bertz CT molecular complexity index is 698. The smallest absolute Gasteiger partial charge is 0.261 e. The van der Waals surface area contributed by atoms with Crippen molar-refractivity contribution in [3.63, 3.8) is 0 Å². The van der Waals surface area contributed by atoms with Crippen LogP contribution in [-0.2, 0) is 9.22 Å². The van der Waals surface area contributed by atoms with Crippen LogP contribution in [0.3, 0.4) is 0 Å². The van der Waals surface area contributed by atoms with Gasteiger partial charge in [0.1, 0.15) is 0 Å². The van der Waals surface area contributed by atoms with E-state index in [1.807, 2.05) is 36.4 Å². The van der Waals surface area contributed by atoms with Crippen molar-refractivity contribution in [2.75, 3.05) is 6.61 Å². The molecular formula is C25H36O3Si. The molecule has 0 aliphatic carbocycles. The van der Waals surface area contributed by atoms with Gasteiger partial charge in [0, 0.05) is 6.42 Å². The number of unbranched alkanes of at least 4 members (excludes halogenated alkanes) is 2. The first-order valence-electron chi connectivity index (χ1n) is 10.8. The number of carbonyl (C=O) groups excluding carboxylic acids is 1. The van der Waals surface area contributed by atoms with Gasteiger partial charge >= 0.3 is 0 Å². The molecule has 0 spiro atoms. The number of ketones is 1. The summed E-state index contributed by atoms with van der Waals surface area (Å²) in [5.74, 6) is -0.0259. The molecule has 0 bridgehead atoms. The Morgan fingerprint density at radius 2 is 1.48 bits per heavy atom. The molecule has 1 N–H and O–H groups in total. The molecule has 158 valence electrons. The highest BCUT2D eigenvalue weighted by atomic mass is 28.4. The maximum absolute atomic E-state index is 12.7.